The minimum absolute atomic E-state index is 0.112. The van der Waals surface area contributed by atoms with Crippen LogP contribution in [-0.2, 0) is 4.79 Å². The van der Waals surface area contributed by atoms with Gasteiger partial charge < -0.3 is 10.4 Å². The van der Waals surface area contributed by atoms with Crippen LogP contribution in [0.15, 0.2) is 0 Å². The summed E-state index contributed by atoms with van der Waals surface area (Å²) >= 11 is 0. The van der Waals surface area contributed by atoms with E-state index in [1.165, 1.54) is 25.7 Å². The van der Waals surface area contributed by atoms with Crippen LogP contribution in [0.5, 0.6) is 0 Å². The van der Waals surface area contributed by atoms with E-state index < -0.39 is 0 Å². The summed E-state index contributed by atoms with van der Waals surface area (Å²) in [6, 6.07) is 0. The van der Waals surface area contributed by atoms with Gasteiger partial charge in [-0.1, -0.05) is 25.7 Å². The van der Waals surface area contributed by atoms with E-state index in [2.05, 4.69) is 5.32 Å². The molecule has 3 heteroatoms. The minimum atomic E-state index is -0.275. The largest absolute Gasteiger partial charge is 0.394 e. The second-order valence-electron chi connectivity index (χ2n) is 6.27. The number of aliphatic hydroxyl groups excluding tert-OH is 1. The molecule has 3 nitrogen and oxygen atoms in total. The first kappa shape index (κ1) is 11.5. The first-order valence-corrected chi connectivity index (χ1v) is 7.19. The van der Waals surface area contributed by atoms with Gasteiger partial charge in [0.2, 0.25) is 5.91 Å². The Bertz CT molecular complexity index is 297. The number of amides is 1. The number of hydrogen-bond acceptors (Lipinski definition) is 2. The zero-order chi connectivity index (χ0) is 11.9. The maximum Gasteiger partial charge on any atom is 0.224 e. The fourth-order valence-corrected chi connectivity index (χ4v) is 4.10. The number of rotatable bonds is 3. The normalized spacial score (nSPS) is 38.5. The highest BCUT2D eigenvalue weighted by atomic mass is 16.3. The summed E-state index contributed by atoms with van der Waals surface area (Å²) in [5, 5.41) is 12.7. The first-order valence-electron chi connectivity index (χ1n) is 7.19. The Morgan fingerprint density at radius 2 is 1.71 bits per heavy atom. The summed E-state index contributed by atoms with van der Waals surface area (Å²) in [6.07, 6.45) is 9.28. The highest BCUT2D eigenvalue weighted by molar-refractivity contribution is 5.83. The quantitative estimate of drug-likeness (QED) is 0.787. The van der Waals surface area contributed by atoms with E-state index in [1.807, 2.05) is 0 Å². The SMILES string of the molecule is O=C(NC1(CO)CCCC1)C1C2CCCCC21. The van der Waals surface area contributed by atoms with Crippen LogP contribution in [-0.4, -0.2) is 23.2 Å². The van der Waals surface area contributed by atoms with Crippen molar-refractivity contribution in [2.75, 3.05) is 6.61 Å². The van der Waals surface area contributed by atoms with Crippen molar-refractivity contribution in [3.63, 3.8) is 0 Å². The predicted molar refractivity (Wildman–Crippen MR) is 65.4 cm³/mol. The molecule has 1 amide bonds. The monoisotopic (exact) mass is 237 g/mol. The third-order valence-corrected chi connectivity index (χ3v) is 5.21. The molecule has 96 valence electrons. The van der Waals surface area contributed by atoms with Crippen molar-refractivity contribution in [2.45, 2.75) is 56.9 Å². The van der Waals surface area contributed by atoms with Crippen molar-refractivity contribution in [3.8, 4) is 0 Å². The molecule has 3 fully saturated rings. The van der Waals surface area contributed by atoms with E-state index in [0.29, 0.717) is 11.8 Å². The molecule has 3 aliphatic rings. The molecule has 2 atom stereocenters. The second kappa shape index (κ2) is 4.27. The van der Waals surface area contributed by atoms with E-state index in [-0.39, 0.29) is 24.0 Å². The lowest BCUT2D eigenvalue weighted by Gasteiger charge is -2.28. The third kappa shape index (κ3) is 1.99. The molecule has 3 saturated carbocycles. The van der Waals surface area contributed by atoms with Gasteiger partial charge in [0.15, 0.2) is 0 Å². The maximum absolute atomic E-state index is 12.3. The number of aliphatic hydroxyl groups is 1. The lowest BCUT2D eigenvalue weighted by atomic mass is 9.98. The number of hydrogen-bond donors (Lipinski definition) is 2. The molecule has 0 saturated heterocycles. The molecule has 0 spiro atoms. The molecular formula is C14H23NO2. The molecule has 3 rings (SSSR count). The molecule has 0 aromatic carbocycles. The van der Waals surface area contributed by atoms with Crippen molar-refractivity contribution in [2.24, 2.45) is 17.8 Å². The van der Waals surface area contributed by atoms with Gasteiger partial charge in [0, 0.05) is 5.92 Å². The molecule has 2 N–H and O–H groups in total. The van der Waals surface area contributed by atoms with Crippen LogP contribution in [0.1, 0.15) is 51.4 Å². The van der Waals surface area contributed by atoms with Crippen LogP contribution in [0.25, 0.3) is 0 Å². The fraction of sp³-hybridized carbons (Fsp3) is 0.929. The van der Waals surface area contributed by atoms with Gasteiger partial charge >= 0.3 is 0 Å². The standard InChI is InChI=1S/C14H23NO2/c16-9-14(7-3-4-8-14)15-13(17)12-10-5-1-2-6-11(10)12/h10-12,16H,1-9H2,(H,15,17). The average molecular weight is 237 g/mol. The lowest BCUT2D eigenvalue weighted by Crippen LogP contribution is -2.50. The van der Waals surface area contributed by atoms with Crippen LogP contribution < -0.4 is 5.32 Å². The summed E-state index contributed by atoms with van der Waals surface area (Å²) in [6.45, 7) is 0.112. The fourth-order valence-electron chi connectivity index (χ4n) is 4.10. The number of carbonyl (C=O) groups excluding carboxylic acids is 1. The Labute approximate surface area is 103 Å². The number of carbonyl (C=O) groups is 1. The van der Waals surface area contributed by atoms with E-state index in [4.69, 9.17) is 0 Å². The predicted octanol–water partition coefficient (Wildman–Crippen LogP) is 1.84. The molecule has 0 heterocycles. The van der Waals surface area contributed by atoms with E-state index in [1.54, 1.807) is 0 Å². The van der Waals surface area contributed by atoms with Crippen molar-refractivity contribution in [1.82, 2.24) is 5.32 Å². The summed E-state index contributed by atoms with van der Waals surface area (Å²) < 4.78 is 0. The van der Waals surface area contributed by atoms with Crippen LogP contribution in [0.2, 0.25) is 0 Å². The maximum atomic E-state index is 12.3. The Kier molecular flexibility index (Phi) is 2.89. The molecule has 0 bridgehead atoms. The number of fused-ring (bicyclic) bond motifs is 1. The Balaban J connectivity index is 1.60. The van der Waals surface area contributed by atoms with Gasteiger partial charge in [-0.05, 0) is 37.5 Å². The highest BCUT2D eigenvalue weighted by Crippen LogP contribution is 2.55. The topological polar surface area (TPSA) is 49.3 Å². The third-order valence-electron chi connectivity index (χ3n) is 5.21. The Morgan fingerprint density at radius 1 is 1.12 bits per heavy atom. The van der Waals surface area contributed by atoms with Gasteiger partial charge in [0.05, 0.1) is 12.1 Å². The van der Waals surface area contributed by atoms with Crippen LogP contribution >= 0.6 is 0 Å². The Morgan fingerprint density at radius 3 is 2.24 bits per heavy atom. The van der Waals surface area contributed by atoms with Gasteiger partial charge in [-0.15, -0.1) is 0 Å². The summed E-state index contributed by atoms with van der Waals surface area (Å²) in [5.74, 6) is 1.85. The first-order chi connectivity index (χ1) is 8.26. The summed E-state index contributed by atoms with van der Waals surface area (Å²) in [4.78, 5) is 12.3. The van der Waals surface area contributed by atoms with Crippen molar-refractivity contribution in [3.05, 3.63) is 0 Å². The van der Waals surface area contributed by atoms with Gasteiger partial charge in [-0.3, -0.25) is 4.79 Å². The molecular weight excluding hydrogens is 214 g/mol. The Hall–Kier alpha value is -0.570. The molecule has 0 radical (unpaired) electrons. The highest BCUT2D eigenvalue weighted by Gasteiger charge is 2.55. The molecule has 3 aliphatic carbocycles. The van der Waals surface area contributed by atoms with Crippen LogP contribution in [0.3, 0.4) is 0 Å². The number of nitrogens with one attached hydrogen (secondary N) is 1. The second-order valence-corrected chi connectivity index (χ2v) is 6.27. The van der Waals surface area contributed by atoms with Gasteiger partial charge in [0.25, 0.3) is 0 Å². The molecule has 17 heavy (non-hydrogen) atoms. The van der Waals surface area contributed by atoms with E-state index in [0.717, 1.165) is 25.7 Å². The van der Waals surface area contributed by atoms with Crippen molar-refractivity contribution in [1.29, 1.82) is 0 Å². The summed E-state index contributed by atoms with van der Waals surface area (Å²) in [5.41, 5.74) is -0.275. The lowest BCUT2D eigenvalue weighted by molar-refractivity contribution is -0.125. The van der Waals surface area contributed by atoms with Gasteiger partial charge in [-0.2, -0.15) is 0 Å². The van der Waals surface area contributed by atoms with E-state index in [9.17, 15) is 9.90 Å². The van der Waals surface area contributed by atoms with Gasteiger partial charge in [-0.25, -0.2) is 0 Å². The zero-order valence-electron chi connectivity index (χ0n) is 10.5. The molecule has 2 unspecified atom stereocenters. The van der Waals surface area contributed by atoms with Crippen molar-refractivity contribution >= 4 is 5.91 Å². The van der Waals surface area contributed by atoms with Crippen LogP contribution in [0.4, 0.5) is 0 Å². The molecule has 0 aliphatic heterocycles. The smallest absolute Gasteiger partial charge is 0.224 e. The van der Waals surface area contributed by atoms with Crippen molar-refractivity contribution < 1.29 is 9.90 Å². The van der Waals surface area contributed by atoms with Crippen LogP contribution in [0, 0.1) is 17.8 Å². The average Bonchev–Trinajstić information content (AvgIpc) is 2.92. The minimum Gasteiger partial charge on any atom is -0.394 e. The summed E-state index contributed by atoms with van der Waals surface area (Å²) in [7, 11) is 0. The molecule has 0 aromatic heterocycles. The zero-order valence-corrected chi connectivity index (χ0v) is 10.5. The molecule has 0 aromatic rings. The van der Waals surface area contributed by atoms with Gasteiger partial charge in [0.1, 0.15) is 0 Å². The van der Waals surface area contributed by atoms with E-state index >= 15 is 0 Å².